The first-order valence-electron chi connectivity index (χ1n) is 14.8. The van der Waals surface area contributed by atoms with Crippen LogP contribution in [0.5, 0.6) is 11.5 Å². The second-order valence-electron chi connectivity index (χ2n) is 13.2. The molecule has 2 aromatic carbocycles. The summed E-state index contributed by atoms with van der Waals surface area (Å²) in [6, 6.07) is 9.70. The summed E-state index contributed by atoms with van der Waals surface area (Å²) in [6.45, 7) is 10.6. The minimum atomic E-state index is -4.18. The Kier molecular flexibility index (Phi) is 11.4. The third-order valence-electron chi connectivity index (χ3n) is 7.36. The summed E-state index contributed by atoms with van der Waals surface area (Å²) in [5, 5.41) is 16.7. The topological polar surface area (TPSA) is 178 Å². The van der Waals surface area contributed by atoms with Crippen LogP contribution >= 0.6 is 0 Å². The quantitative estimate of drug-likeness (QED) is 0.284. The summed E-state index contributed by atoms with van der Waals surface area (Å²) in [6.07, 6.45) is -1.59. The lowest BCUT2D eigenvalue weighted by molar-refractivity contribution is -0.125. The van der Waals surface area contributed by atoms with Gasteiger partial charge < -0.3 is 30.0 Å². The third-order valence-corrected chi connectivity index (χ3v) is 11.3. The summed E-state index contributed by atoms with van der Waals surface area (Å²) < 4.78 is 68.6. The predicted molar refractivity (Wildman–Crippen MR) is 172 cm³/mol. The third kappa shape index (κ3) is 9.11. The van der Waals surface area contributed by atoms with E-state index in [1.54, 1.807) is 51.1 Å². The van der Waals surface area contributed by atoms with Crippen LogP contribution in [0.4, 0.5) is 4.79 Å². The molecular weight excluding hydrogens is 638 g/mol. The van der Waals surface area contributed by atoms with Crippen LogP contribution < -0.4 is 20.1 Å². The van der Waals surface area contributed by atoms with Crippen molar-refractivity contribution in [1.82, 2.24) is 14.9 Å². The number of sulfonamides is 1. The van der Waals surface area contributed by atoms with Gasteiger partial charge >= 0.3 is 6.09 Å². The first-order chi connectivity index (χ1) is 21.1. The summed E-state index contributed by atoms with van der Waals surface area (Å²) in [5.74, 6) is -0.382. The number of aliphatic hydroxyl groups excluding tert-OH is 1. The van der Waals surface area contributed by atoms with Crippen molar-refractivity contribution in [3.8, 4) is 11.5 Å². The number of ether oxygens (including phenoxy) is 3. The number of rotatable bonds is 13. The highest BCUT2D eigenvalue weighted by molar-refractivity contribution is 7.92. The lowest BCUT2D eigenvalue weighted by Crippen LogP contribution is -2.62. The largest absolute Gasteiger partial charge is 0.454 e. The molecule has 0 aliphatic carbocycles. The van der Waals surface area contributed by atoms with Crippen molar-refractivity contribution >= 4 is 31.9 Å². The number of carbonyl (C=O) groups is 2. The van der Waals surface area contributed by atoms with Crippen molar-refractivity contribution in [2.24, 2.45) is 5.92 Å². The van der Waals surface area contributed by atoms with Crippen LogP contribution in [0.25, 0.3) is 0 Å². The average molecular weight is 684 g/mol. The monoisotopic (exact) mass is 683 g/mol. The van der Waals surface area contributed by atoms with Gasteiger partial charge in [-0.15, -0.1) is 0 Å². The molecule has 0 bridgehead atoms. The van der Waals surface area contributed by atoms with Crippen LogP contribution in [-0.2, 0) is 29.4 Å². The molecule has 1 aliphatic heterocycles. The van der Waals surface area contributed by atoms with Crippen molar-refractivity contribution < 1.29 is 45.7 Å². The highest BCUT2D eigenvalue weighted by atomic mass is 32.2. The van der Waals surface area contributed by atoms with Crippen molar-refractivity contribution in [3.63, 3.8) is 0 Å². The molecule has 13 nitrogen and oxygen atoms in total. The summed E-state index contributed by atoms with van der Waals surface area (Å²) in [5.41, 5.74) is -0.520. The molecule has 46 heavy (non-hydrogen) atoms. The van der Waals surface area contributed by atoms with E-state index in [2.05, 4.69) is 10.6 Å². The number of hydrogen-bond donors (Lipinski definition) is 3. The molecule has 0 aromatic heterocycles. The van der Waals surface area contributed by atoms with Crippen LogP contribution in [0.1, 0.15) is 60.1 Å². The smallest absolute Gasteiger partial charge is 0.408 e. The molecule has 1 unspecified atom stereocenters. The molecule has 1 heterocycles. The Morgan fingerprint density at radius 3 is 2.11 bits per heavy atom. The van der Waals surface area contributed by atoms with E-state index in [0.717, 1.165) is 10.6 Å². The van der Waals surface area contributed by atoms with E-state index >= 15 is 0 Å². The first kappa shape index (κ1) is 37.1. The van der Waals surface area contributed by atoms with Gasteiger partial charge in [-0.25, -0.2) is 21.6 Å². The van der Waals surface area contributed by atoms with Crippen molar-refractivity contribution in [1.29, 1.82) is 0 Å². The van der Waals surface area contributed by atoms with Crippen molar-refractivity contribution in [2.45, 2.75) is 81.9 Å². The highest BCUT2D eigenvalue weighted by Crippen LogP contribution is 2.35. The van der Waals surface area contributed by atoms with E-state index in [0.29, 0.717) is 11.3 Å². The van der Waals surface area contributed by atoms with E-state index < -0.39 is 66.9 Å². The molecular formula is C31H45N3O10S2. The van der Waals surface area contributed by atoms with Gasteiger partial charge in [-0.1, -0.05) is 44.2 Å². The van der Waals surface area contributed by atoms with Gasteiger partial charge in [0.05, 0.1) is 21.8 Å². The second kappa shape index (κ2) is 14.2. The molecule has 2 aromatic rings. The minimum Gasteiger partial charge on any atom is -0.454 e. The standard InChI is InChI=1S/C31H45N3O10S2/c1-20(2)17-34(46(40,41)22-14-15-24-25(16-22)43-19-42-24)18-23(35)26(21-12-10-9-11-13-21)32-28(36)27(31(6,7)45(8,38)39)33-29(37)44-30(3,4)5/h9-16,20,23,26-27,35H,17-19H2,1-8H3,(H,32,36)(H,33,37)/t23-,26?,27-/m1/s1. The molecule has 15 heteroatoms. The van der Waals surface area contributed by atoms with E-state index in [-0.39, 0.29) is 29.9 Å². The van der Waals surface area contributed by atoms with Crippen molar-refractivity contribution in [3.05, 3.63) is 54.1 Å². The van der Waals surface area contributed by atoms with Gasteiger partial charge in [-0.3, -0.25) is 4.79 Å². The molecule has 3 atom stereocenters. The SMILES string of the molecule is CC(C)CN(C[C@@H](O)C(NC(=O)[C@@H](NC(=O)OC(C)(C)C)C(C)(C)S(C)(=O)=O)c1ccccc1)S(=O)(=O)c1ccc2c(c1)OCO2. The summed E-state index contributed by atoms with van der Waals surface area (Å²) in [4.78, 5) is 26.6. The Morgan fingerprint density at radius 1 is 0.935 bits per heavy atom. The van der Waals surface area contributed by atoms with Gasteiger partial charge in [0, 0.05) is 25.4 Å². The summed E-state index contributed by atoms with van der Waals surface area (Å²) in [7, 11) is -8.12. The molecule has 2 amide bonds. The molecule has 256 valence electrons. The number of alkyl carbamates (subject to hydrolysis) is 1. The molecule has 3 rings (SSSR count). The lowest BCUT2D eigenvalue weighted by atomic mass is 9.98. The Morgan fingerprint density at radius 2 is 1.54 bits per heavy atom. The van der Waals surface area contributed by atoms with Gasteiger partial charge in [0.1, 0.15) is 11.6 Å². The Hall–Kier alpha value is -3.40. The summed E-state index contributed by atoms with van der Waals surface area (Å²) >= 11 is 0. The van der Waals surface area contributed by atoms with E-state index in [9.17, 15) is 31.5 Å². The zero-order chi connectivity index (χ0) is 34.7. The van der Waals surface area contributed by atoms with E-state index in [1.807, 2.05) is 13.8 Å². The first-order valence-corrected chi connectivity index (χ1v) is 18.1. The fourth-order valence-electron chi connectivity index (χ4n) is 4.67. The Labute approximate surface area is 271 Å². The van der Waals surface area contributed by atoms with Gasteiger partial charge in [0.2, 0.25) is 22.7 Å². The number of amides is 2. The number of benzene rings is 2. The average Bonchev–Trinajstić information content (AvgIpc) is 3.41. The predicted octanol–water partition coefficient (Wildman–Crippen LogP) is 3.00. The fraction of sp³-hybridized carbons (Fsp3) is 0.548. The minimum absolute atomic E-state index is 0.0349. The number of carbonyl (C=O) groups excluding carboxylic acids is 2. The molecule has 3 N–H and O–H groups in total. The molecule has 0 spiro atoms. The highest BCUT2D eigenvalue weighted by Gasteiger charge is 2.46. The fourth-order valence-corrected chi connectivity index (χ4v) is 6.90. The Balaban J connectivity index is 1.99. The lowest BCUT2D eigenvalue weighted by Gasteiger charge is -2.35. The molecule has 0 saturated heterocycles. The van der Waals surface area contributed by atoms with Gasteiger partial charge in [-0.05, 0) is 58.2 Å². The number of sulfone groups is 1. The van der Waals surface area contributed by atoms with Crippen LogP contribution in [0, 0.1) is 5.92 Å². The van der Waals surface area contributed by atoms with Crippen LogP contribution in [0.15, 0.2) is 53.4 Å². The second-order valence-corrected chi connectivity index (χ2v) is 17.7. The molecule has 0 saturated carbocycles. The van der Waals surface area contributed by atoms with Crippen LogP contribution in [0.2, 0.25) is 0 Å². The maximum absolute atomic E-state index is 13.9. The number of nitrogens with one attached hydrogen (secondary N) is 2. The normalized spacial score (nSPS) is 15.7. The van der Waals surface area contributed by atoms with Crippen LogP contribution in [0.3, 0.4) is 0 Å². The van der Waals surface area contributed by atoms with Crippen LogP contribution in [-0.4, -0.2) is 86.9 Å². The van der Waals surface area contributed by atoms with Gasteiger partial charge in [-0.2, -0.15) is 4.31 Å². The number of hydrogen-bond acceptors (Lipinski definition) is 10. The van der Waals surface area contributed by atoms with Gasteiger partial charge in [0.25, 0.3) is 0 Å². The van der Waals surface area contributed by atoms with Crippen molar-refractivity contribution in [2.75, 3.05) is 26.1 Å². The number of nitrogens with zero attached hydrogens (tertiary/aromatic N) is 1. The molecule has 0 fully saturated rings. The Bertz CT molecular complexity index is 1600. The van der Waals surface area contributed by atoms with Gasteiger partial charge in [0.15, 0.2) is 21.3 Å². The zero-order valence-electron chi connectivity index (χ0n) is 27.4. The number of fused-ring (bicyclic) bond motifs is 1. The maximum Gasteiger partial charge on any atom is 0.408 e. The number of aliphatic hydroxyl groups is 1. The maximum atomic E-state index is 13.9. The van der Waals surface area contributed by atoms with E-state index in [4.69, 9.17) is 14.2 Å². The molecule has 1 aliphatic rings. The molecule has 0 radical (unpaired) electrons. The van der Waals surface area contributed by atoms with E-state index in [1.165, 1.54) is 32.0 Å². The zero-order valence-corrected chi connectivity index (χ0v) is 29.1.